The average Bonchev–Trinajstić information content (AvgIpc) is 3.55. The Labute approximate surface area is 269 Å². The number of anilines is 1. The third kappa shape index (κ3) is 6.58. The molecule has 226 valence electrons. The van der Waals surface area contributed by atoms with E-state index < -0.39 is 21.9 Å². The number of carbonyl (C=O) groups excluding carboxylic acids is 2. The number of nitrogens with zero attached hydrogens (tertiary/aromatic N) is 2. The topological polar surface area (TPSA) is 97.1 Å². The summed E-state index contributed by atoms with van der Waals surface area (Å²) in [6.07, 6.45) is 1.47. The maximum atomic E-state index is 13.8. The first-order valence-electron chi connectivity index (χ1n) is 13.5. The Balaban J connectivity index is 1.48. The summed E-state index contributed by atoms with van der Waals surface area (Å²) in [5.74, 6) is -0.465. The van der Waals surface area contributed by atoms with Gasteiger partial charge in [0.1, 0.15) is 11.5 Å². The van der Waals surface area contributed by atoms with E-state index in [1.54, 1.807) is 91.9 Å². The first kappa shape index (κ1) is 31.5. The minimum Gasteiger partial charge on any atom is -0.465 e. The Morgan fingerprint density at radius 1 is 0.955 bits per heavy atom. The summed E-state index contributed by atoms with van der Waals surface area (Å²) in [5.41, 5.74) is 2.90. The number of halogens is 2. The van der Waals surface area contributed by atoms with Gasteiger partial charge in [-0.05, 0) is 86.2 Å². The SMILES string of the molecule is COC(=O)C1=C(C)N(c2ccc(Br)cc2)C(=O)/C1=C/c1ccc(CN(Cc2ccc(Cl)cc2)S(=O)(=O)c2ccc(C)cc2)o1. The quantitative estimate of drug-likeness (QED) is 0.135. The number of hydrogen-bond donors (Lipinski definition) is 0. The fourth-order valence-electron chi connectivity index (χ4n) is 4.83. The lowest BCUT2D eigenvalue weighted by molar-refractivity contribution is -0.136. The Kier molecular flexibility index (Phi) is 9.26. The van der Waals surface area contributed by atoms with E-state index in [0.717, 1.165) is 15.6 Å². The van der Waals surface area contributed by atoms with Crippen LogP contribution in [0.25, 0.3) is 6.08 Å². The van der Waals surface area contributed by atoms with Crippen LogP contribution >= 0.6 is 27.5 Å². The van der Waals surface area contributed by atoms with Gasteiger partial charge in [-0.15, -0.1) is 0 Å². The highest BCUT2D eigenvalue weighted by molar-refractivity contribution is 9.10. The Bertz CT molecular complexity index is 1880. The minimum absolute atomic E-state index is 0.0690. The molecule has 0 bridgehead atoms. The second-order valence-electron chi connectivity index (χ2n) is 10.1. The number of aryl methyl sites for hydroxylation is 1. The summed E-state index contributed by atoms with van der Waals surface area (Å²) in [7, 11) is -2.67. The number of carbonyl (C=O) groups is 2. The van der Waals surface area contributed by atoms with Crippen LogP contribution in [0, 0.1) is 6.92 Å². The highest BCUT2D eigenvalue weighted by Crippen LogP contribution is 2.36. The lowest BCUT2D eigenvalue weighted by atomic mass is 10.1. The van der Waals surface area contributed by atoms with Gasteiger partial charge in [0.2, 0.25) is 10.0 Å². The number of rotatable bonds is 9. The highest BCUT2D eigenvalue weighted by Gasteiger charge is 2.38. The van der Waals surface area contributed by atoms with Gasteiger partial charge in [-0.25, -0.2) is 13.2 Å². The molecule has 1 aliphatic heterocycles. The molecule has 1 aromatic heterocycles. The summed E-state index contributed by atoms with van der Waals surface area (Å²) in [6.45, 7) is 3.54. The van der Waals surface area contributed by atoms with E-state index in [9.17, 15) is 18.0 Å². The molecule has 1 amide bonds. The van der Waals surface area contributed by atoms with E-state index in [0.29, 0.717) is 22.2 Å². The molecule has 1 aliphatic rings. The van der Waals surface area contributed by atoms with Gasteiger partial charge in [-0.1, -0.05) is 57.4 Å². The molecule has 8 nitrogen and oxygen atoms in total. The van der Waals surface area contributed by atoms with Gasteiger partial charge in [0.15, 0.2) is 0 Å². The normalized spacial score (nSPS) is 14.6. The third-order valence-corrected chi connectivity index (χ3v) is 9.69. The predicted molar refractivity (Wildman–Crippen MR) is 172 cm³/mol. The van der Waals surface area contributed by atoms with Gasteiger partial charge < -0.3 is 9.15 Å². The van der Waals surface area contributed by atoms with Gasteiger partial charge >= 0.3 is 5.97 Å². The van der Waals surface area contributed by atoms with Crippen molar-refractivity contribution in [1.82, 2.24) is 4.31 Å². The van der Waals surface area contributed by atoms with Crippen LogP contribution in [0.2, 0.25) is 5.02 Å². The van der Waals surface area contributed by atoms with Gasteiger partial charge in [0.05, 0.1) is 29.7 Å². The van der Waals surface area contributed by atoms with Crippen molar-refractivity contribution < 1.29 is 27.2 Å². The fraction of sp³-hybridized carbons (Fsp3) is 0.152. The third-order valence-electron chi connectivity index (χ3n) is 7.11. The van der Waals surface area contributed by atoms with Crippen molar-refractivity contribution in [1.29, 1.82) is 0 Å². The molecule has 5 rings (SSSR count). The predicted octanol–water partition coefficient (Wildman–Crippen LogP) is 7.27. The summed E-state index contributed by atoms with van der Waals surface area (Å²) < 4.78 is 40.7. The molecule has 4 aromatic rings. The summed E-state index contributed by atoms with van der Waals surface area (Å²) in [5, 5.41) is 0.543. The molecule has 0 atom stereocenters. The number of ether oxygens (including phenoxy) is 1. The number of benzene rings is 3. The van der Waals surface area contributed by atoms with Gasteiger partial charge in [-0.3, -0.25) is 9.69 Å². The highest BCUT2D eigenvalue weighted by atomic mass is 79.9. The van der Waals surface area contributed by atoms with Crippen molar-refractivity contribution in [2.75, 3.05) is 12.0 Å². The molecular formula is C33H28BrClN2O6S. The molecule has 0 fully saturated rings. The fourth-order valence-corrected chi connectivity index (χ4v) is 6.62. The molecule has 0 saturated heterocycles. The van der Waals surface area contributed by atoms with Crippen molar-refractivity contribution in [2.24, 2.45) is 0 Å². The summed E-state index contributed by atoms with van der Waals surface area (Å²) in [6, 6.07) is 24.0. The second kappa shape index (κ2) is 13.0. The number of esters is 1. The lowest BCUT2D eigenvalue weighted by Gasteiger charge is -2.21. The average molecular weight is 696 g/mol. The van der Waals surface area contributed by atoms with E-state index in [4.69, 9.17) is 20.8 Å². The number of methoxy groups -OCH3 is 1. The zero-order valence-electron chi connectivity index (χ0n) is 24.1. The van der Waals surface area contributed by atoms with Crippen LogP contribution in [0.3, 0.4) is 0 Å². The molecule has 0 saturated carbocycles. The van der Waals surface area contributed by atoms with Crippen LogP contribution in [-0.4, -0.2) is 31.7 Å². The Hall–Kier alpha value is -3.96. The monoisotopic (exact) mass is 694 g/mol. The van der Waals surface area contributed by atoms with Crippen molar-refractivity contribution in [3.05, 3.63) is 134 Å². The van der Waals surface area contributed by atoms with E-state index in [1.165, 1.54) is 22.4 Å². The van der Waals surface area contributed by atoms with Gasteiger partial charge in [-0.2, -0.15) is 4.31 Å². The minimum atomic E-state index is -3.93. The Morgan fingerprint density at radius 2 is 1.61 bits per heavy atom. The number of amides is 1. The van der Waals surface area contributed by atoms with E-state index in [-0.39, 0.29) is 34.9 Å². The molecule has 0 spiro atoms. The molecule has 0 unspecified atom stereocenters. The lowest BCUT2D eigenvalue weighted by Crippen LogP contribution is -2.30. The van der Waals surface area contributed by atoms with E-state index >= 15 is 0 Å². The number of allylic oxidation sites excluding steroid dienone is 1. The number of furan rings is 1. The molecule has 0 aliphatic carbocycles. The summed E-state index contributed by atoms with van der Waals surface area (Å²) >= 11 is 9.44. The van der Waals surface area contributed by atoms with Gasteiger partial charge in [0, 0.05) is 27.4 Å². The van der Waals surface area contributed by atoms with Crippen LogP contribution in [0.15, 0.2) is 116 Å². The number of hydrogen-bond acceptors (Lipinski definition) is 6. The molecule has 0 radical (unpaired) electrons. The molecule has 44 heavy (non-hydrogen) atoms. The van der Waals surface area contributed by atoms with Crippen LogP contribution in [-0.2, 0) is 37.4 Å². The maximum absolute atomic E-state index is 13.8. The van der Waals surface area contributed by atoms with Gasteiger partial charge in [0.25, 0.3) is 5.91 Å². The zero-order chi connectivity index (χ0) is 31.6. The standard InChI is InChI=1S/C33H28BrClN2O6S/c1-21-4-16-29(17-5-21)44(40,41)36(19-23-6-10-25(35)11-7-23)20-28-15-14-27(43-28)18-30-31(33(39)42-3)22(2)37(32(30)38)26-12-8-24(34)9-13-26/h4-18H,19-20H2,1-3H3/b30-18+. The maximum Gasteiger partial charge on any atom is 0.340 e. The first-order chi connectivity index (χ1) is 21.0. The molecule has 0 N–H and O–H groups in total. The first-order valence-corrected chi connectivity index (χ1v) is 16.1. The van der Waals surface area contributed by atoms with E-state index in [2.05, 4.69) is 15.9 Å². The summed E-state index contributed by atoms with van der Waals surface area (Å²) in [4.78, 5) is 28.0. The van der Waals surface area contributed by atoms with Crippen molar-refractivity contribution >= 4 is 61.2 Å². The van der Waals surface area contributed by atoms with Crippen LogP contribution in [0.1, 0.15) is 29.6 Å². The zero-order valence-corrected chi connectivity index (χ0v) is 27.2. The molecule has 2 heterocycles. The molecular weight excluding hydrogens is 668 g/mol. The van der Waals surface area contributed by atoms with Crippen molar-refractivity contribution in [3.8, 4) is 0 Å². The number of sulfonamides is 1. The molecule has 3 aromatic carbocycles. The Morgan fingerprint density at radius 3 is 2.25 bits per heavy atom. The van der Waals surface area contributed by atoms with Crippen molar-refractivity contribution in [3.63, 3.8) is 0 Å². The van der Waals surface area contributed by atoms with Crippen molar-refractivity contribution in [2.45, 2.75) is 31.8 Å². The van der Waals surface area contributed by atoms with E-state index in [1.807, 2.05) is 6.92 Å². The van der Waals surface area contributed by atoms with Crippen LogP contribution in [0.5, 0.6) is 0 Å². The molecule has 11 heteroatoms. The van der Waals surface area contributed by atoms with Crippen LogP contribution in [0.4, 0.5) is 5.69 Å². The van der Waals surface area contributed by atoms with Crippen LogP contribution < -0.4 is 4.90 Å². The second-order valence-corrected chi connectivity index (χ2v) is 13.4. The smallest absolute Gasteiger partial charge is 0.340 e. The largest absolute Gasteiger partial charge is 0.465 e.